The summed E-state index contributed by atoms with van der Waals surface area (Å²) in [6.07, 6.45) is 0.509. The lowest BCUT2D eigenvalue weighted by atomic mass is 9.86. The number of Topliss-reactive ketones (excluding diaryl/α,β-unsaturated/α-hetero) is 2. The maximum absolute atomic E-state index is 14.3. The number of sulfonamides is 1. The molecule has 3 aromatic rings. The number of rotatable bonds is 8. The van der Waals surface area contributed by atoms with Gasteiger partial charge in [-0.25, -0.2) is 13.1 Å². The van der Waals surface area contributed by atoms with Crippen LogP contribution in [-0.4, -0.2) is 49.2 Å². The average Bonchev–Trinajstić information content (AvgIpc) is 2.96. The smallest absolute Gasteiger partial charge is 0.367 e. The first-order valence-corrected chi connectivity index (χ1v) is 14.8. The third-order valence-electron chi connectivity index (χ3n) is 7.47. The zero-order chi connectivity index (χ0) is 29.5. The topological polar surface area (TPSA) is 113 Å². The highest BCUT2D eigenvalue weighted by Gasteiger charge is 2.48. The molecule has 2 N–H and O–H groups in total. The fourth-order valence-corrected chi connectivity index (χ4v) is 6.65. The summed E-state index contributed by atoms with van der Waals surface area (Å²) >= 11 is 0. The lowest BCUT2D eigenvalue weighted by Gasteiger charge is -2.44. The molecule has 3 aromatic carbocycles. The van der Waals surface area contributed by atoms with Gasteiger partial charge in [0.05, 0.1) is 34.5 Å². The van der Waals surface area contributed by atoms with Crippen molar-refractivity contribution in [3.05, 3.63) is 78.4 Å². The Kier molecular flexibility index (Phi) is 7.71. The van der Waals surface area contributed by atoms with Crippen LogP contribution in [-0.2, 0) is 14.8 Å². The van der Waals surface area contributed by atoms with Crippen molar-refractivity contribution in [2.45, 2.75) is 62.1 Å². The third kappa shape index (κ3) is 5.37. The average molecular weight is 585 g/mol. The van der Waals surface area contributed by atoms with Crippen LogP contribution in [0.4, 0.5) is 20.2 Å². The second-order valence-electron chi connectivity index (χ2n) is 10.6. The molecule has 41 heavy (non-hydrogen) atoms. The fraction of sp³-hybridized carbons (Fsp3) is 0.333. The Hall–Kier alpha value is -3.67. The number of ketones is 2. The number of nitrogens with zero attached hydrogens (tertiary/aromatic N) is 1. The van der Waals surface area contributed by atoms with Gasteiger partial charge in [-0.1, -0.05) is 38.1 Å². The van der Waals surface area contributed by atoms with Crippen molar-refractivity contribution in [3.8, 4) is 11.5 Å². The number of hydrogen-bond donors (Lipinski definition) is 2. The zero-order valence-corrected chi connectivity index (χ0v) is 23.3. The molecule has 8 nitrogen and oxygen atoms in total. The minimum absolute atomic E-state index is 0.260. The van der Waals surface area contributed by atoms with E-state index >= 15 is 0 Å². The number of carbonyl (C=O) groups is 2. The first kappa shape index (κ1) is 28.8. The van der Waals surface area contributed by atoms with Crippen molar-refractivity contribution in [3.63, 3.8) is 0 Å². The van der Waals surface area contributed by atoms with Crippen molar-refractivity contribution in [1.29, 1.82) is 0 Å². The molecule has 2 aliphatic rings. The number of hydrogen-bond acceptors (Lipinski definition) is 7. The maximum atomic E-state index is 14.3. The number of nitrogens with one attached hydrogen (secondary N) is 1. The van der Waals surface area contributed by atoms with E-state index in [-0.39, 0.29) is 4.90 Å². The molecule has 0 saturated heterocycles. The van der Waals surface area contributed by atoms with Crippen molar-refractivity contribution in [2.75, 3.05) is 4.90 Å². The minimum atomic E-state index is -4.22. The lowest BCUT2D eigenvalue weighted by molar-refractivity contribution is -0.140. The molecule has 0 radical (unpaired) electrons. The molecule has 1 fully saturated rings. The number of ether oxygens (including phenoxy) is 1. The van der Waals surface area contributed by atoms with Crippen LogP contribution in [0.2, 0.25) is 0 Å². The molecule has 1 aliphatic carbocycles. The van der Waals surface area contributed by atoms with Crippen LogP contribution >= 0.6 is 0 Å². The number of carbonyl (C=O) groups excluding carboxylic acids is 2. The Bertz CT molecular complexity index is 1530. The van der Waals surface area contributed by atoms with Crippen LogP contribution < -0.4 is 14.4 Å². The van der Waals surface area contributed by atoms with Gasteiger partial charge < -0.3 is 14.7 Å². The van der Waals surface area contributed by atoms with E-state index in [9.17, 15) is 31.9 Å². The second-order valence-corrected chi connectivity index (χ2v) is 12.3. The molecule has 0 aromatic heterocycles. The Morgan fingerprint density at radius 3 is 2.07 bits per heavy atom. The zero-order valence-electron chi connectivity index (χ0n) is 22.5. The van der Waals surface area contributed by atoms with Gasteiger partial charge in [-0.2, -0.15) is 8.78 Å². The Balaban J connectivity index is 1.37. The van der Waals surface area contributed by atoms with Gasteiger partial charge in [0, 0.05) is 11.5 Å². The second kappa shape index (κ2) is 11.0. The summed E-state index contributed by atoms with van der Waals surface area (Å²) in [6.45, 7) is 2.54. The largest absolute Gasteiger partial charge is 0.453 e. The summed E-state index contributed by atoms with van der Waals surface area (Å²) in [7, 11) is -4.19. The quantitative estimate of drug-likeness (QED) is 0.275. The standard InChI is InChI=1S/C30H30F2N2O6S/c1-18(2)28(36)30(31,32)29(37)19-14-16-20(17-15-19)41(38,39)33-21-8-7-11-24(27(21)35)34-22-9-3-5-12-25(22)40-26-13-6-4-10-23(26)34/h3-6,9-10,12-18,21,24,27,33,35H,7-8,11H2,1-2H3/t21-,24?,27+/m1/s1. The van der Waals surface area contributed by atoms with Gasteiger partial charge in [0.15, 0.2) is 11.5 Å². The van der Waals surface area contributed by atoms with E-state index in [1.54, 1.807) is 0 Å². The number of aliphatic hydroxyl groups is 1. The number of aliphatic hydroxyl groups excluding tert-OH is 1. The molecular formula is C30H30F2N2O6S. The SMILES string of the molecule is CC(C)C(=O)C(F)(F)C(=O)c1ccc(S(=O)(=O)N[C@@H]2CCCC(N3c4ccccc4Oc4ccccc43)[C@H]2O)cc1. The van der Waals surface area contributed by atoms with Gasteiger partial charge in [-0.15, -0.1) is 0 Å². The van der Waals surface area contributed by atoms with E-state index in [1.165, 1.54) is 13.8 Å². The normalized spacial score (nSPS) is 20.6. The van der Waals surface area contributed by atoms with Gasteiger partial charge in [0.1, 0.15) is 0 Å². The summed E-state index contributed by atoms with van der Waals surface area (Å²) in [5, 5.41) is 11.5. The third-order valence-corrected chi connectivity index (χ3v) is 8.98. The molecule has 11 heteroatoms. The number of alkyl halides is 2. The number of benzene rings is 3. The van der Waals surface area contributed by atoms with Gasteiger partial charge in [0.25, 0.3) is 0 Å². The van der Waals surface area contributed by atoms with Gasteiger partial charge >= 0.3 is 5.92 Å². The summed E-state index contributed by atoms with van der Waals surface area (Å²) in [5.41, 5.74) is 1.03. The fourth-order valence-electron chi connectivity index (χ4n) is 5.37. The number of para-hydroxylation sites is 4. The first-order chi connectivity index (χ1) is 19.4. The summed E-state index contributed by atoms with van der Waals surface area (Å²) in [4.78, 5) is 25.9. The number of fused-ring (bicyclic) bond motifs is 2. The van der Waals surface area contributed by atoms with E-state index in [0.717, 1.165) is 35.6 Å². The number of anilines is 2. The molecule has 216 valence electrons. The molecule has 0 spiro atoms. The summed E-state index contributed by atoms with van der Waals surface area (Å²) in [5.74, 6) is -7.22. The minimum Gasteiger partial charge on any atom is -0.453 e. The van der Waals surface area contributed by atoms with Crippen molar-refractivity contribution in [2.24, 2.45) is 5.92 Å². The van der Waals surface area contributed by atoms with E-state index in [4.69, 9.17) is 4.74 Å². The van der Waals surface area contributed by atoms with Crippen LogP contribution in [0.15, 0.2) is 77.7 Å². The highest BCUT2D eigenvalue weighted by molar-refractivity contribution is 7.89. The van der Waals surface area contributed by atoms with Gasteiger partial charge in [-0.05, 0) is 67.8 Å². The monoisotopic (exact) mass is 584 g/mol. The Morgan fingerprint density at radius 2 is 1.51 bits per heavy atom. The summed E-state index contributed by atoms with van der Waals surface area (Å²) in [6, 6.07) is 17.5. The molecular weight excluding hydrogens is 554 g/mol. The van der Waals surface area contributed by atoms with Crippen LogP contribution in [0.1, 0.15) is 43.5 Å². The van der Waals surface area contributed by atoms with E-state index in [0.29, 0.717) is 30.8 Å². The molecule has 0 bridgehead atoms. The van der Waals surface area contributed by atoms with Crippen LogP contribution in [0, 0.1) is 5.92 Å². The van der Waals surface area contributed by atoms with Crippen molar-refractivity contribution in [1.82, 2.24) is 4.72 Å². The molecule has 0 amide bonds. The lowest BCUT2D eigenvalue weighted by Crippen LogP contribution is -2.56. The van der Waals surface area contributed by atoms with Crippen molar-refractivity contribution < 1.29 is 36.6 Å². The first-order valence-electron chi connectivity index (χ1n) is 13.3. The summed E-state index contributed by atoms with van der Waals surface area (Å²) < 4.78 is 63.8. The van der Waals surface area contributed by atoms with E-state index < -0.39 is 57.2 Å². The number of halogens is 2. The predicted octanol–water partition coefficient (Wildman–Crippen LogP) is 5.23. The molecule has 1 aliphatic heterocycles. The predicted molar refractivity (Wildman–Crippen MR) is 148 cm³/mol. The van der Waals surface area contributed by atoms with Gasteiger partial charge in [-0.3, -0.25) is 9.59 Å². The molecule has 1 unspecified atom stereocenters. The molecule has 3 atom stereocenters. The van der Waals surface area contributed by atoms with E-state index in [1.807, 2.05) is 53.4 Å². The molecule has 1 saturated carbocycles. The maximum Gasteiger partial charge on any atom is 0.367 e. The highest BCUT2D eigenvalue weighted by Crippen LogP contribution is 2.49. The van der Waals surface area contributed by atoms with Gasteiger partial charge in [0.2, 0.25) is 21.6 Å². The van der Waals surface area contributed by atoms with E-state index in [2.05, 4.69) is 4.72 Å². The highest BCUT2D eigenvalue weighted by atomic mass is 32.2. The van der Waals surface area contributed by atoms with Crippen LogP contribution in [0.5, 0.6) is 11.5 Å². The Labute approximate surface area is 237 Å². The van der Waals surface area contributed by atoms with Crippen LogP contribution in [0.25, 0.3) is 0 Å². The van der Waals surface area contributed by atoms with Crippen molar-refractivity contribution >= 4 is 33.0 Å². The van der Waals surface area contributed by atoms with Crippen LogP contribution in [0.3, 0.4) is 0 Å². The molecule has 5 rings (SSSR count). The Morgan fingerprint density at radius 1 is 0.951 bits per heavy atom. The molecule has 1 heterocycles.